The van der Waals surface area contributed by atoms with Crippen molar-refractivity contribution in [1.82, 2.24) is 0 Å². The Hall–Kier alpha value is -1.30. The van der Waals surface area contributed by atoms with E-state index in [1.165, 1.54) is 0 Å². The highest BCUT2D eigenvalue weighted by Crippen LogP contribution is 2.29. The second-order valence-corrected chi connectivity index (χ2v) is 4.41. The van der Waals surface area contributed by atoms with Crippen LogP contribution in [0.5, 0.6) is 0 Å². The molecule has 0 saturated carbocycles. The van der Waals surface area contributed by atoms with Crippen LogP contribution in [0.4, 0.5) is 5.69 Å². The van der Waals surface area contributed by atoms with Crippen molar-refractivity contribution in [2.45, 2.75) is 18.9 Å². The number of nitrogens with one attached hydrogen (secondary N) is 1. The Morgan fingerprint density at radius 2 is 2.06 bits per heavy atom. The number of carbonyl (C=O) groups is 2. The molecule has 7 heteroatoms. The molecule has 0 fully saturated rings. The van der Waals surface area contributed by atoms with E-state index in [0.29, 0.717) is 10.7 Å². The van der Waals surface area contributed by atoms with Crippen LogP contribution in [0.3, 0.4) is 0 Å². The van der Waals surface area contributed by atoms with Gasteiger partial charge in [0.15, 0.2) is 0 Å². The van der Waals surface area contributed by atoms with Gasteiger partial charge in [0, 0.05) is 6.42 Å². The van der Waals surface area contributed by atoms with Crippen LogP contribution in [0.2, 0.25) is 10.0 Å². The number of aliphatic carboxylic acids is 1. The molecule has 5 nitrogen and oxygen atoms in total. The number of hydrogen-bond acceptors (Lipinski definition) is 3. The Bertz CT molecular complexity index is 466. The van der Waals surface area contributed by atoms with Crippen molar-refractivity contribution >= 4 is 40.8 Å². The lowest BCUT2D eigenvalue weighted by Crippen LogP contribution is -2.36. The average molecular weight is 291 g/mol. The second kappa shape index (κ2) is 6.58. The maximum Gasteiger partial charge on any atom is 0.303 e. The number of amides is 1. The number of rotatable bonds is 5. The van der Waals surface area contributed by atoms with Crippen LogP contribution in [-0.4, -0.2) is 23.0 Å². The van der Waals surface area contributed by atoms with Gasteiger partial charge in [-0.05, 0) is 18.6 Å². The summed E-state index contributed by atoms with van der Waals surface area (Å²) in [4.78, 5) is 22.0. The molecule has 98 valence electrons. The quantitative estimate of drug-likeness (QED) is 0.774. The van der Waals surface area contributed by atoms with Gasteiger partial charge in [0.05, 0.1) is 21.8 Å². The van der Waals surface area contributed by atoms with Gasteiger partial charge in [-0.15, -0.1) is 0 Å². The van der Waals surface area contributed by atoms with Gasteiger partial charge in [0.2, 0.25) is 5.91 Å². The van der Waals surface area contributed by atoms with E-state index in [1.54, 1.807) is 18.2 Å². The third kappa shape index (κ3) is 4.18. The molecule has 0 aliphatic carbocycles. The summed E-state index contributed by atoms with van der Waals surface area (Å²) in [6, 6.07) is 3.89. The molecule has 0 heterocycles. The molecule has 0 saturated heterocycles. The molecule has 1 aromatic carbocycles. The minimum Gasteiger partial charge on any atom is -0.481 e. The zero-order valence-electron chi connectivity index (χ0n) is 9.32. The predicted octanol–water partition coefficient (Wildman–Crippen LogP) is 2.12. The monoisotopic (exact) mass is 290 g/mol. The van der Waals surface area contributed by atoms with E-state index in [9.17, 15) is 9.59 Å². The van der Waals surface area contributed by atoms with Gasteiger partial charge in [-0.3, -0.25) is 9.59 Å². The van der Waals surface area contributed by atoms with Crippen LogP contribution in [-0.2, 0) is 9.59 Å². The highest BCUT2D eigenvalue weighted by Gasteiger charge is 2.16. The fourth-order valence-corrected chi connectivity index (χ4v) is 1.58. The van der Waals surface area contributed by atoms with Crippen molar-refractivity contribution in [3.8, 4) is 0 Å². The zero-order chi connectivity index (χ0) is 13.7. The van der Waals surface area contributed by atoms with E-state index in [4.69, 9.17) is 34.0 Å². The molecular formula is C11H12Cl2N2O3. The van der Waals surface area contributed by atoms with Crippen LogP contribution in [0.1, 0.15) is 12.8 Å². The number of carboxylic acid groups (broad SMARTS) is 1. The summed E-state index contributed by atoms with van der Waals surface area (Å²) in [5, 5.41) is 11.5. The summed E-state index contributed by atoms with van der Waals surface area (Å²) in [7, 11) is 0. The van der Waals surface area contributed by atoms with Crippen LogP contribution >= 0.6 is 23.2 Å². The molecular weight excluding hydrogens is 279 g/mol. The Balaban J connectivity index is 2.64. The molecule has 0 radical (unpaired) electrons. The molecule has 18 heavy (non-hydrogen) atoms. The van der Waals surface area contributed by atoms with Gasteiger partial charge in [0.1, 0.15) is 0 Å². The molecule has 1 atom stereocenters. The highest BCUT2D eigenvalue weighted by molar-refractivity contribution is 6.44. The van der Waals surface area contributed by atoms with E-state index in [-0.39, 0.29) is 17.9 Å². The second-order valence-electron chi connectivity index (χ2n) is 3.63. The van der Waals surface area contributed by atoms with Crippen LogP contribution in [0, 0.1) is 0 Å². The summed E-state index contributed by atoms with van der Waals surface area (Å²) in [6.07, 6.45) is -0.114. The van der Waals surface area contributed by atoms with Crippen molar-refractivity contribution in [3.63, 3.8) is 0 Å². The molecule has 0 aliphatic rings. The van der Waals surface area contributed by atoms with E-state index in [0.717, 1.165) is 0 Å². The van der Waals surface area contributed by atoms with Crippen LogP contribution in [0.15, 0.2) is 18.2 Å². The van der Waals surface area contributed by atoms with E-state index in [1.807, 2.05) is 0 Å². The minimum absolute atomic E-state index is 0.0549. The Morgan fingerprint density at radius 1 is 1.39 bits per heavy atom. The number of halogens is 2. The third-order valence-corrected chi connectivity index (χ3v) is 3.03. The van der Waals surface area contributed by atoms with Gasteiger partial charge in [-0.1, -0.05) is 29.3 Å². The molecule has 0 aromatic heterocycles. The van der Waals surface area contributed by atoms with Crippen molar-refractivity contribution in [3.05, 3.63) is 28.2 Å². The highest BCUT2D eigenvalue weighted by atomic mass is 35.5. The van der Waals surface area contributed by atoms with Gasteiger partial charge in [-0.2, -0.15) is 0 Å². The molecule has 1 rings (SSSR count). The van der Waals surface area contributed by atoms with Crippen molar-refractivity contribution < 1.29 is 14.7 Å². The molecule has 0 spiro atoms. The first-order valence-corrected chi connectivity index (χ1v) is 5.89. The largest absolute Gasteiger partial charge is 0.481 e. The lowest BCUT2D eigenvalue weighted by molar-refractivity contribution is -0.137. The minimum atomic E-state index is -1.00. The van der Waals surface area contributed by atoms with Crippen LogP contribution < -0.4 is 11.1 Å². The standard InChI is InChI=1S/C11H12Cl2N2O3/c12-6-2-1-3-8(10(6)13)15-11(18)7(14)4-5-9(16)17/h1-3,7H,4-5,14H2,(H,15,18)(H,16,17). The normalized spacial score (nSPS) is 11.9. The summed E-state index contributed by atoms with van der Waals surface area (Å²) >= 11 is 11.7. The number of benzene rings is 1. The summed E-state index contributed by atoms with van der Waals surface area (Å²) in [6.45, 7) is 0. The molecule has 1 amide bonds. The SMILES string of the molecule is NC(CCC(=O)O)C(=O)Nc1cccc(Cl)c1Cl. The lowest BCUT2D eigenvalue weighted by atomic mass is 10.1. The Labute approximate surface area is 114 Å². The molecule has 1 aromatic rings. The Morgan fingerprint density at radius 3 is 2.67 bits per heavy atom. The van der Waals surface area contributed by atoms with E-state index in [2.05, 4.69) is 5.32 Å². The number of nitrogens with two attached hydrogens (primary N) is 1. The van der Waals surface area contributed by atoms with Gasteiger partial charge >= 0.3 is 5.97 Å². The van der Waals surface area contributed by atoms with Crippen molar-refractivity contribution in [2.75, 3.05) is 5.32 Å². The number of carboxylic acids is 1. The summed E-state index contributed by atoms with van der Waals surface area (Å²) < 4.78 is 0. The zero-order valence-corrected chi connectivity index (χ0v) is 10.8. The molecule has 1 unspecified atom stereocenters. The van der Waals surface area contributed by atoms with E-state index < -0.39 is 17.9 Å². The summed E-state index contributed by atoms with van der Waals surface area (Å²) in [5.41, 5.74) is 5.90. The molecule has 0 aliphatic heterocycles. The fourth-order valence-electron chi connectivity index (χ4n) is 1.24. The predicted molar refractivity (Wildman–Crippen MR) is 69.9 cm³/mol. The van der Waals surface area contributed by atoms with Gasteiger partial charge in [0.25, 0.3) is 0 Å². The lowest BCUT2D eigenvalue weighted by Gasteiger charge is -2.12. The average Bonchev–Trinajstić information content (AvgIpc) is 2.31. The molecule has 4 N–H and O–H groups in total. The summed E-state index contributed by atoms with van der Waals surface area (Å²) in [5.74, 6) is -1.50. The van der Waals surface area contributed by atoms with Crippen molar-refractivity contribution in [2.24, 2.45) is 5.73 Å². The van der Waals surface area contributed by atoms with E-state index >= 15 is 0 Å². The van der Waals surface area contributed by atoms with Gasteiger partial charge < -0.3 is 16.2 Å². The Kier molecular flexibility index (Phi) is 5.40. The first-order chi connectivity index (χ1) is 8.41. The van der Waals surface area contributed by atoms with Gasteiger partial charge in [-0.25, -0.2) is 0 Å². The number of anilines is 1. The first-order valence-electron chi connectivity index (χ1n) is 5.14. The smallest absolute Gasteiger partial charge is 0.303 e. The maximum absolute atomic E-state index is 11.7. The van der Waals surface area contributed by atoms with Crippen LogP contribution in [0.25, 0.3) is 0 Å². The first kappa shape index (κ1) is 14.8. The fraction of sp³-hybridized carbons (Fsp3) is 0.273. The van der Waals surface area contributed by atoms with Crippen molar-refractivity contribution in [1.29, 1.82) is 0 Å². The number of carbonyl (C=O) groups excluding carboxylic acids is 1. The number of hydrogen-bond donors (Lipinski definition) is 3. The molecule has 0 bridgehead atoms. The third-order valence-electron chi connectivity index (χ3n) is 2.22. The topological polar surface area (TPSA) is 92.4 Å². The maximum atomic E-state index is 11.7.